The van der Waals surface area contributed by atoms with Crippen molar-refractivity contribution in [2.75, 3.05) is 12.4 Å². The lowest BCUT2D eigenvalue weighted by atomic mass is 9.96. The van der Waals surface area contributed by atoms with E-state index in [1.807, 2.05) is 30.3 Å². The minimum Gasteiger partial charge on any atom is -0.465 e. The van der Waals surface area contributed by atoms with E-state index in [1.54, 1.807) is 6.92 Å². The number of hydrogen-bond acceptors (Lipinski definition) is 6. The van der Waals surface area contributed by atoms with Crippen LogP contribution in [0.15, 0.2) is 35.4 Å². The van der Waals surface area contributed by atoms with Crippen molar-refractivity contribution in [3.8, 4) is 11.4 Å². The Hall–Kier alpha value is -1.92. The van der Waals surface area contributed by atoms with Gasteiger partial charge in [-0.3, -0.25) is 4.79 Å². The molecule has 1 aromatic heterocycles. The van der Waals surface area contributed by atoms with Crippen molar-refractivity contribution in [3.63, 3.8) is 0 Å². The van der Waals surface area contributed by atoms with Crippen LogP contribution in [0.25, 0.3) is 11.4 Å². The summed E-state index contributed by atoms with van der Waals surface area (Å²) in [6.45, 7) is 6.77. The number of fused-ring (bicyclic) bond motifs is 1. The van der Waals surface area contributed by atoms with Crippen molar-refractivity contribution in [1.29, 1.82) is 0 Å². The second-order valence-electron chi connectivity index (χ2n) is 6.46. The fourth-order valence-electron chi connectivity index (χ4n) is 2.69. The zero-order valence-electron chi connectivity index (χ0n) is 14.7. The molecule has 0 saturated carbocycles. The maximum absolute atomic E-state index is 11.7. The van der Waals surface area contributed by atoms with E-state index in [9.17, 15) is 4.79 Å². The van der Waals surface area contributed by atoms with Gasteiger partial charge in [-0.25, -0.2) is 9.97 Å². The van der Waals surface area contributed by atoms with E-state index in [0.717, 1.165) is 28.3 Å². The Bertz CT molecular complexity index is 763. The third-order valence-corrected chi connectivity index (χ3v) is 4.91. The van der Waals surface area contributed by atoms with Crippen LogP contribution in [-0.4, -0.2) is 33.9 Å². The molecule has 0 radical (unpaired) electrons. The Labute approximate surface area is 152 Å². The van der Waals surface area contributed by atoms with Gasteiger partial charge in [0.15, 0.2) is 5.82 Å². The van der Waals surface area contributed by atoms with Crippen LogP contribution in [-0.2, 0) is 27.3 Å². The van der Waals surface area contributed by atoms with Crippen LogP contribution in [0.3, 0.4) is 0 Å². The highest BCUT2D eigenvalue weighted by Crippen LogP contribution is 2.34. The number of ether oxygens (including phenoxy) is 2. The molecular weight excluding hydrogens is 336 g/mol. The first-order valence-corrected chi connectivity index (χ1v) is 9.34. The molecule has 0 amide bonds. The molecule has 0 N–H and O–H groups in total. The van der Waals surface area contributed by atoms with Gasteiger partial charge in [-0.2, -0.15) is 0 Å². The largest absolute Gasteiger partial charge is 0.465 e. The minimum absolute atomic E-state index is 0.231. The van der Waals surface area contributed by atoms with E-state index in [2.05, 4.69) is 13.8 Å². The molecule has 0 atom stereocenters. The fourth-order valence-corrected chi connectivity index (χ4v) is 3.53. The number of aromatic nitrogens is 2. The standard InChI is InChI=1S/C19H22N2O3S/c1-4-23-16(22)12-25-18-14-11-24-19(2,3)10-15(14)20-17(21-18)13-8-6-5-7-9-13/h5-9H,4,10-12H2,1-3H3. The Balaban J connectivity index is 1.96. The van der Waals surface area contributed by atoms with E-state index >= 15 is 0 Å². The van der Waals surface area contributed by atoms with E-state index in [0.29, 0.717) is 19.0 Å². The number of nitrogens with zero attached hydrogens (tertiary/aromatic N) is 2. The Kier molecular flexibility index (Phi) is 5.39. The highest BCUT2D eigenvalue weighted by atomic mass is 32.2. The summed E-state index contributed by atoms with van der Waals surface area (Å²) < 4.78 is 10.9. The number of benzene rings is 1. The Morgan fingerprint density at radius 3 is 2.76 bits per heavy atom. The molecule has 3 rings (SSSR count). The summed E-state index contributed by atoms with van der Waals surface area (Å²) in [4.78, 5) is 21.2. The second-order valence-corrected chi connectivity index (χ2v) is 7.43. The summed E-state index contributed by atoms with van der Waals surface area (Å²) in [5, 5.41) is 0.799. The molecule has 0 saturated heterocycles. The number of hydrogen-bond donors (Lipinski definition) is 0. The lowest BCUT2D eigenvalue weighted by Crippen LogP contribution is -2.33. The smallest absolute Gasteiger partial charge is 0.316 e. The van der Waals surface area contributed by atoms with Gasteiger partial charge in [0, 0.05) is 17.5 Å². The van der Waals surface area contributed by atoms with Crippen LogP contribution < -0.4 is 0 Å². The highest BCUT2D eigenvalue weighted by Gasteiger charge is 2.30. The normalized spacial score (nSPS) is 15.5. The molecule has 2 aromatic rings. The summed E-state index contributed by atoms with van der Waals surface area (Å²) in [6.07, 6.45) is 0.720. The van der Waals surface area contributed by atoms with Crippen molar-refractivity contribution in [3.05, 3.63) is 41.6 Å². The van der Waals surface area contributed by atoms with Crippen molar-refractivity contribution >= 4 is 17.7 Å². The maximum atomic E-state index is 11.7. The van der Waals surface area contributed by atoms with E-state index in [4.69, 9.17) is 19.4 Å². The summed E-state index contributed by atoms with van der Waals surface area (Å²) in [5.41, 5.74) is 2.69. The molecule has 0 spiro atoms. The number of esters is 1. The number of rotatable bonds is 5. The molecule has 6 heteroatoms. The number of carbonyl (C=O) groups excluding carboxylic acids is 1. The molecule has 25 heavy (non-hydrogen) atoms. The van der Waals surface area contributed by atoms with Gasteiger partial charge in [-0.1, -0.05) is 42.1 Å². The molecule has 1 aliphatic heterocycles. The second kappa shape index (κ2) is 7.54. The number of carbonyl (C=O) groups is 1. The Morgan fingerprint density at radius 2 is 2.04 bits per heavy atom. The van der Waals surface area contributed by atoms with Crippen LogP contribution in [0.4, 0.5) is 0 Å². The van der Waals surface area contributed by atoms with Crippen molar-refractivity contribution in [2.45, 2.75) is 44.4 Å². The molecule has 5 nitrogen and oxygen atoms in total. The quantitative estimate of drug-likeness (QED) is 0.462. The summed E-state index contributed by atoms with van der Waals surface area (Å²) >= 11 is 1.39. The maximum Gasteiger partial charge on any atom is 0.316 e. The molecule has 1 aromatic carbocycles. The van der Waals surface area contributed by atoms with Gasteiger partial charge in [-0.15, -0.1) is 0 Å². The molecule has 0 unspecified atom stereocenters. The average Bonchev–Trinajstić information content (AvgIpc) is 2.59. The predicted molar refractivity (Wildman–Crippen MR) is 97.4 cm³/mol. The predicted octanol–water partition coefficient (Wildman–Crippen LogP) is 3.65. The Morgan fingerprint density at radius 1 is 1.28 bits per heavy atom. The van der Waals surface area contributed by atoms with E-state index < -0.39 is 0 Å². The molecule has 2 heterocycles. The zero-order valence-corrected chi connectivity index (χ0v) is 15.6. The SMILES string of the molecule is CCOC(=O)CSc1nc(-c2ccccc2)nc2c1COC(C)(C)C2. The monoisotopic (exact) mass is 358 g/mol. The average molecular weight is 358 g/mol. The van der Waals surface area contributed by atoms with Gasteiger partial charge in [0.05, 0.1) is 30.3 Å². The summed E-state index contributed by atoms with van der Waals surface area (Å²) in [5.74, 6) is 0.677. The van der Waals surface area contributed by atoms with Gasteiger partial charge in [0.25, 0.3) is 0 Å². The zero-order chi connectivity index (χ0) is 17.9. The van der Waals surface area contributed by atoms with Gasteiger partial charge in [0.1, 0.15) is 5.03 Å². The van der Waals surface area contributed by atoms with Crippen molar-refractivity contribution in [2.24, 2.45) is 0 Å². The molecule has 132 valence electrons. The summed E-state index contributed by atoms with van der Waals surface area (Å²) in [6, 6.07) is 9.89. The molecule has 0 fully saturated rings. The van der Waals surface area contributed by atoms with Crippen LogP contribution in [0.5, 0.6) is 0 Å². The van der Waals surface area contributed by atoms with Crippen LogP contribution in [0.2, 0.25) is 0 Å². The third kappa shape index (κ3) is 4.38. The third-order valence-electron chi connectivity index (χ3n) is 3.92. The van der Waals surface area contributed by atoms with E-state index in [1.165, 1.54) is 11.8 Å². The van der Waals surface area contributed by atoms with Crippen LogP contribution >= 0.6 is 11.8 Å². The van der Waals surface area contributed by atoms with Crippen LogP contribution in [0.1, 0.15) is 32.0 Å². The van der Waals surface area contributed by atoms with E-state index in [-0.39, 0.29) is 17.3 Å². The molecule has 0 bridgehead atoms. The van der Waals surface area contributed by atoms with Gasteiger partial charge >= 0.3 is 5.97 Å². The first-order chi connectivity index (χ1) is 12.0. The fraction of sp³-hybridized carbons (Fsp3) is 0.421. The lowest BCUT2D eigenvalue weighted by Gasteiger charge is -2.32. The van der Waals surface area contributed by atoms with Crippen LogP contribution in [0, 0.1) is 0 Å². The molecule has 0 aliphatic carbocycles. The first kappa shape index (κ1) is 17.9. The van der Waals surface area contributed by atoms with Crippen molar-refractivity contribution in [1.82, 2.24) is 9.97 Å². The van der Waals surface area contributed by atoms with Gasteiger partial charge in [0.2, 0.25) is 0 Å². The minimum atomic E-state index is -0.252. The van der Waals surface area contributed by atoms with Gasteiger partial charge < -0.3 is 9.47 Å². The molecular formula is C19H22N2O3S. The summed E-state index contributed by atoms with van der Waals surface area (Å²) in [7, 11) is 0. The van der Waals surface area contributed by atoms with Gasteiger partial charge in [-0.05, 0) is 20.8 Å². The van der Waals surface area contributed by atoms with Crippen molar-refractivity contribution < 1.29 is 14.3 Å². The topological polar surface area (TPSA) is 61.3 Å². The lowest BCUT2D eigenvalue weighted by molar-refractivity contribution is -0.139. The first-order valence-electron chi connectivity index (χ1n) is 8.36. The molecule has 1 aliphatic rings. The highest BCUT2D eigenvalue weighted by molar-refractivity contribution is 7.99. The number of thioether (sulfide) groups is 1.